The first-order chi connectivity index (χ1) is 16.5. The van der Waals surface area contributed by atoms with Gasteiger partial charge in [0, 0.05) is 31.5 Å². The zero-order valence-electron chi connectivity index (χ0n) is 18.7. The van der Waals surface area contributed by atoms with E-state index in [1.54, 1.807) is 0 Å². The Kier molecular flexibility index (Phi) is 6.24. The summed E-state index contributed by atoms with van der Waals surface area (Å²) in [6.07, 6.45) is 0.0720. The van der Waals surface area contributed by atoms with Gasteiger partial charge in [-0.15, -0.1) is 0 Å². The number of carboxylic acid groups (broad SMARTS) is 1. The maximum atomic E-state index is 12.5. The molecule has 1 aliphatic heterocycles. The Balaban J connectivity index is 1.10. The van der Waals surface area contributed by atoms with Crippen LogP contribution >= 0.6 is 0 Å². The summed E-state index contributed by atoms with van der Waals surface area (Å²) in [6.45, 7) is 1.28. The van der Waals surface area contributed by atoms with Crippen molar-refractivity contribution in [2.75, 3.05) is 26.3 Å². The molecule has 0 bridgehead atoms. The van der Waals surface area contributed by atoms with E-state index in [4.69, 9.17) is 14.6 Å². The van der Waals surface area contributed by atoms with Gasteiger partial charge in [-0.2, -0.15) is 0 Å². The highest BCUT2D eigenvalue weighted by Crippen LogP contribution is 2.44. The molecule has 1 saturated heterocycles. The van der Waals surface area contributed by atoms with E-state index in [1.165, 1.54) is 11.1 Å². The fraction of sp³-hybridized carbons (Fsp3) is 0.423. The van der Waals surface area contributed by atoms with E-state index < -0.39 is 18.2 Å². The summed E-state index contributed by atoms with van der Waals surface area (Å²) in [5.41, 5.74) is 4.64. The van der Waals surface area contributed by atoms with Gasteiger partial charge < -0.3 is 25.2 Å². The molecular formula is C26H28N2O6. The molecule has 0 aromatic heterocycles. The Morgan fingerprint density at radius 3 is 2.24 bits per heavy atom. The van der Waals surface area contributed by atoms with Crippen LogP contribution in [0.3, 0.4) is 0 Å². The molecule has 2 fully saturated rings. The summed E-state index contributed by atoms with van der Waals surface area (Å²) < 4.78 is 11.2. The van der Waals surface area contributed by atoms with Crippen LogP contribution in [0.1, 0.15) is 29.9 Å². The van der Waals surface area contributed by atoms with Crippen LogP contribution in [-0.2, 0) is 19.1 Å². The van der Waals surface area contributed by atoms with E-state index in [-0.39, 0.29) is 42.7 Å². The van der Waals surface area contributed by atoms with E-state index >= 15 is 0 Å². The number of amides is 2. The number of nitrogens with one attached hydrogen (secondary N) is 2. The topological polar surface area (TPSA) is 114 Å². The van der Waals surface area contributed by atoms with Crippen molar-refractivity contribution in [2.45, 2.75) is 24.9 Å². The average molecular weight is 465 g/mol. The van der Waals surface area contributed by atoms with Crippen molar-refractivity contribution in [1.82, 2.24) is 10.6 Å². The zero-order valence-corrected chi connectivity index (χ0v) is 18.7. The highest BCUT2D eigenvalue weighted by molar-refractivity contribution is 5.82. The number of carbonyl (C=O) groups excluding carboxylic acids is 2. The molecular weight excluding hydrogens is 436 g/mol. The molecule has 178 valence electrons. The Hall–Kier alpha value is -3.39. The van der Waals surface area contributed by atoms with Crippen LogP contribution in [0.2, 0.25) is 0 Å². The molecule has 2 amide bonds. The molecule has 3 N–H and O–H groups in total. The van der Waals surface area contributed by atoms with Gasteiger partial charge in [0.25, 0.3) is 0 Å². The fourth-order valence-corrected chi connectivity index (χ4v) is 5.10. The highest BCUT2D eigenvalue weighted by Gasteiger charge is 2.44. The summed E-state index contributed by atoms with van der Waals surface area (Å²) in [4.78, 5) is 35.9. The van der Waals surface area contributed by atoms with Gasteiger partial charge in [0.2, 0.25) is 5.91 Å². The maximum Gasteiger partial charge on any atom is 0.407 e. The Labute approximate surface area is 197 Å². The molecule has 0 spiro atoms. The first-order valence-electron chi connectivity index (χ1n) is 11.7. The molecule has 2 aliphatic carbocycles. The molecule has 1 heterocycles. The Morgan fingerprint density at radius 2 is 1.59 bits per heavy atom. The zero-order chi connectivity index (χ0) is 23.7. The van der Waals surface area contributed by atoms with Gasteiger partial charge in [-0.05, 0) is 41.0 Å². The van der Waals surface area contributed by atoms with Crippen LogP contribution in [0.5, 0.6) is 0 Å². The molecule has 34 heavy (non-hydrogen) atoms. The molecule has 0 radical (unpaired) electrons. The molecule has 3 aliphatic rings. The lowest BCUT2D eigenvalue weighted by molar-refractivity contribution is -0.139. The third-order valence-electron chi connectivity index (χ3n) is 7.10. The number of hydrogen-bond acceptors (Lipinski definition) is 5. The lowest BCUT2D eigenvalue weighted by atomic mass is 9.98. The van der Waals surface area contributed by atoms with E-state index in [0.717, 1.165) is 11.1 Å². The van der Waals surface area contributed by atoms with Gasteiger partial charge in [-0.25, -0.2) is 4.79 Å². The van der Waals surface area contributed by atoms with Crippen molar-refractivity contribution in [3.05, 3.63) is 59.7 Å². The van der Waals surface area contributed by atoms with Gasteiger partial charge in [0.05, 0.1) is 5.92 Å². The number of carboxylic acids is 1. The summed E-state index contributed by atoms with van der Waals surface area (Å²) in [7, 11) is 0. The van der Waals surface area contributed by atoms with Crippen molar-refractivity contribution in [1.29, 1.82) is 0 Å². The van der Waals surface area contributed by atoms with E-state index in [9.17, 15) is 14.4 Å². The first kappa shape index (κ1) is 22.4. The van der Waals surface area contributed by atoms with Crippen molar-refractivity contribution in [2.24, 2.45) is 17.8 Å². The number of carbonyl (C=O) groups is 3. The fourth-order valence-electron chi connectivity index (χ4n) is 5.10. The second-order valence-corrected chi connectivity index (χ2v) is 9.23. The van der Waals surface area contributed by atoms with Crippen molar-refractivity contribution < 1.29 is 29.0 Å². The minimum absolute atomic E-state index is 0.0106. The van der Waals surface area contributed by atoms with Crippen LogP contribution in [0.4, 0.5) is 4.79 Å². The van der Waals surface area contributed by atoms with Gasteiger partial charge in [-0.1, -0.05) is 48.5 Å². The molecule has 2 aromatic carbocycles. The second-order valence-electron chi connectivity index (χ2n) is 9.23. The minimum Gasteiger partial charge on any atom is -0.481 e. The predicted molar refractivity (Wildman–Crippen MR) is 123 cm³/mol. The quantitative estimate of drug-likeness (QED) is 0.554. The molecule has 5 rings (SSSR count). The molecule has 8 nitrogen and oxygen atoms in total. The van der Waals surface area contributed by atoms with Crippen LogP contribution in [-0.4, -0.2) is 55.5 Å². The normalized spacial score (nSPS) is 24.7. The van der Waals surface area contributed by atoms with E-state index in [2.05, 4.69) is 34.9 Å². The molecule has 4 atom stereocenters. The minimum atomic E-state index is -0.818. The first-order valence-corrected chi connectivity index (χ1v) is 11.7. The summed E-state index contributed by atoms with van der Waals surface area (Å²) in [5, 5.41) is 14.6. The van der Waals surface area contributed by atoms with Gasteiger partial charge in [-0.3, -0.25) is 9.59 Å². The second kappa shape index (κ2) is 9.46. The van der Waals surface area contributed by atoms with Crippen LogP contribution in [0, 0.1) is 17.8 Å². The smallest absolute Gasteiger partial charge is 0.407 e. The average Bonchev–Trinajstić information content (AvgIpc) is 3.36. The van der Waals surface area contributed by atoms with Gasteiger partial charge in [0.1, 0.15) is 12.7 Å². The monoisotopic (exact) mass is 464 g/mol. The lowest BCUT2D eigenvalue weighted by Crippen LogP contribution is -2.43. The number of alkyl carbamates (subject to hydrolysis) is 1. The predicted octanol–water partition coefficient (Wildman–Crippen LogP) is 2.77. The van der Waals surface area contributed by atoms with Gasteiger partial charge >= 0.3 is 12.1 Å². The highest BCUT2D eigenvalue weighted by atomic mass is 16.5. The summed E-state index contributed by atoms with van der Waals surface area (Å²) in [6, 6.07) is 16.3. The Bertz CT molecular complexity index is 1060. The third kappa shape index (κ3) is 4.50. The largest absolute Gasteiger partial charge is 0.481 e. The molecule has 8 heteroatoms. The van der Waals surface area contributed by atoms with Gasteiger partial charge in [0.15, 0.2) is 0 Å². The number of aliphatic carboxylic acids is 1. The number of benzene rings is 2. The Morgan fingerprint density at radius 1 is 0.941 bits per heavy atom. The standard InChI is InChI=1S/C26H28N2O6/c29-24(27-13-16-11-21(16)25(30)31)23-15(9-10-33-23)12-28-26(32)34-14-22-19-7-3-1-5-17(19)18-6-2-4-8-20(18)22/h1-8,15-16,21-23H,9-14H2,(H,27,29)(H,28,32)(H,30,31)/t15-,16?,21?,23-/m0/s1. The summed E-state index contributed by atoms with van der Waals surface area (Å²) in [5.74, 6) is -1.62. The lowest BCUT2D eigenvalue weighted by Gasteiger charge is -2.19. The van der Waals surface area contributed by atoms with Crippen LogP contribution in [0.15, 0.2) is 48.5 Å². The SMILES string of the molecule is O=C(NC[C@@H]1CCO[C@@H]1C(=O)NCC1CC1C(=O)O)OCC1c2ccccc2-c2ccccc21. The number of hydrogen-bond donors (Lipinski definition) is 3. The number of rotatable bonds is 8. The molecule has 2 unspecified atom stereocenters. The maximum absolute atomic E-state index is 12.5. The van der Waals surface area contributed by atoms with Crippen LogP contribution in [0.25, 0.3) is 11.1 Å². The van der Waals surface area contributed by atoms with Crippen molar-refractivity contribution in [3.8, 4) is 11.1 Å². The van der Waals surface area contributed by atoms with Crippen molar-refractivity contribution in [3.63, 3.8) is 0 Å². The molecule has 2 aromatic rings. The number of fused-ring (bicyclic) bond motifs is 3. The third-order valence-corrected chi connectivity index (χ3v) is 7.10. The molecule has 1 saturated carbocycles. The van der Waals surface area contributed by atoms with Crippen molar-refractivity contribution >= 4 is 18.0 Å². The van der Waals surface area contributed by atoms with E-state index in [0.29, 0.717) is 26.0 Å². The summed E-state index contributed by atoms with van der Waals surface area (Å²) >= 11 is 0. The van der Waals surface area contributed by atoms with E-state index in [1.807, 2.05) is 24.3 Å². The number of ether oxygens (including phenoxy) is 2. The van der Waals surface area contributed by atoms with Crippen LogP contribution < -0.4 is 10.6 Å².